The molecule has 0 aromatic rings. The van der Waals surface area contributed by atoms with E-state index in [0.717, 1.165) is 12.1 Å². The van der Waals surface area contributed by atoms with Gasteiger partial charge in [0.2, 0.25) is 0 Å². The summed E-state index contributed by atoms with van der Waals surface area (Å²) in [5, 5.41) is 0. The van der Waals surface area contributed by atoms with Crippen molar-refractivity contribution in [1.29, 1.82) is 0 Å². The molecule has 76 valence electrons. The van der Waals surface area contributed by atoms with E-state index >= 15 is 0 Å². The Labute approximate surface area is 82.1 Å². The summed E-state index contributed by atoms with van der Waals surface area (Å²) >= 11 is 0. The highest BCUT2D eigenvalue weighted by molar-refractivity contribution is 5.07. The maximum Gasteiger partial charge on any atom is 0.0277 e. The van der Waals surface area contributed by atoms with Gasteiger partial charge in [0.1, 0.15) is 0 Å². The van der Waals surface area contributed by atoms with Crippen LogP contribution in [0.2, 0.25) is 0 Å². The predicted molar refractivity (Wildman–Crippen MR) is 59.0 cm³/mol. The van der Waals surface area contributed by atoms with Gasteiger partial charge in [-0.1, -0.05) is 13.0 Å². The zero-order valence-corrected chi connectivity index (χ0v) is 9.46. The van der Waals surface area contributed by atoms with Crippen LogP contribution in [0.5, 0.6) is 0 Å². The first-order valence-corrected chi connectivity index (χ1v) is 4.90. The molecule has 0 saturated heterocycles. The van der Waals surface area contributed by atoms with Gasteiger partial charge in [0.25, 0.3) is 0 Å². The van der Waals surface area contributed by atoms with E-state index in [1.807, 2.05) is 13.1 Å². The van der Waals surface area contributed by atoms with Gasteiger partial charge < -0.3 is 10.6 Å². The molecule has 0 saturated carbocycles. The number of rotatable bonds is 4. The Morgan fingerprint density at radius 3 is 2.23 bits per heavy atom. The van der Waals surface area contributed by atoms with Crippen molar-refractivity contribution in [3.8, 4) is 0 Å². The molecule has 0 radical (unpaired) electrons. The lowest BCUT2D eigenvalue weighted by atomic mass is 10.2. The van der Waals surface area contributed by atoms with Crippen LogP contribution in [0.4, 0.5) is 0 Å². The Kier molecular flexibility index (Phi) is 5.28. The van der Waals surface area contributed by atoms with Crippen LogP contribution < -0.4 is 5.73 Å². The number of hydrogen-bond acceptors (Lipinski definition) is 2. The van der Waals surface area contributed by atoms with Gasteiger partial charge in [0.05, 0.1) is 0 Å². The zero-order chi connectivity index (χ0) is 10.4. The second kappa shape index (κ2) is 5.68. The van der Waals surface area contributed by atoms with Crippen LogP contribution in [-0.2, 0) is 0 Å². The first-order valence-electron chi connectivity index (χ1n) is 4.90. The highest BCUT2D eigenvalue weighted by Gasteiger charge is 2.07. The smallest absolute Gasteiger partial charge is 0.0277 e. The molecule has 0 rings (SSSR count). The van der Waals surface area contributed by atoms with Crippen molar-refractivity contribution in [1.82, 2.24) is 4.90 Å². The molecule has 0 spiro atoms. The molecule has 0 atom stereocenters. The number of nitrogens with zero attached hydrogens (tertiary/aromatic N) is 1. The molecule has 0 amide bonds. The van der Waals surface area contributed by atoms with Gasteiger partial charge in [-0.3, -0.25) is 0 Å². The molecule has 0 aliphatic heterocycles. The van der Waals surface area contributed by atoms with Gasteiger partial charge in [0.15, 0.2) is 0 Å². The van der Waals surface area contributed by atoms with E-state index in [9.17, 15) is 0 Å². The summed E-state index contributed by atoms with van der Waals surface area (Å²) in [6.45, 7) is 10.5. The largest absolute Gasteiger partial charge is 0.401 e. The van der Waals surface area contributed by atoms with Gasteiger partial charge in [-0.25, -0.2) is 0 Å². The van der Waals surface area contributed by atoms with Crippen LogP contribution >= 0.6 is 0 Å². The van der Waals surface area contributed by atoms with Crippen LogP contribution in [0.15, 0.2) is 23.7 Å². The minimum absolute atomic E-state index is 0.463. The predicted octanol–water partition coefficient (Wildman–Crippen LogP) is 2.83. The first kappa shape index (κ1) is 12.1. The minimum atomic E-state index is 0.463. The molecule has 0 bridgehead atoms. The van der Waals surface area contributed by atoms with Crippen LogP contribution in [-0.4, -0.2) is 10.9 Å². The van der Waals surface area contributed by atoms with Crippen molar-refractivity contribution < 1.29 is 0 Å². The maximum atomic E-state index is 5.67. The molecule has 13 heavy (non-hydrogen) atoms. The highest BCUT2D eigenvalue weighted by Crippen LogP contribution is 2.14. The normalized spacial score (nSPS) is 13.7. The third kappa shape index (κ3) is 4.02. The van der Waals surface area contributed by atoms with Crippen molar-refractivity contribution in [3.05, 3.63) is 23.7 Å². The quantitative estimate of drug-likeness (QED) is 0.724. The minimum Gasteiger partial charge on any atom is -0.401 e. The van der Waals surface area contributed by atoms with Crippen molar-refractivity contribution in [2.24, 2.45) is 5.73 Å². The van der Waals surface area contributed by atoms with Gasteiger partial charge >= 0.3 is 0 Å². The van der Waals surface area contributed by atoms with Crippen LogP contribution in [0.25, 0.3) is 0 Å². The molecule has 2 heteroatoms. The monoisotopic (exact) mass is 182 g/mol. The summed E-state index contributed by atoms with van der Waals surface area (Å²) in [6.07, 6.45) is 5.18. The number of allylic oxidation sites excluding steroid dienone is 3. The van der Waals surface area contributed by atoms with Crippen molar-refractivity contribution >= 4 is 0 Å². The molecule has 0 heterocycles. The second-order valence-corrected chi connectivity index (χ2v) is 3.51. The summed E-state index contributed by atoms with van der Waals surface area (Å²) in [5.41, 5.74) is 7.84. The summed E-state index contributed by atoms with van der Waals surface area (Å²) in [4.78, 5) is 2.22. The average Bonchev–Trinajstić information content (AvgIpc) is 2.04. The second-order valence-electron chi connectivity index (χ2n) is 3.51. The molecule has 0 aliphatic rings. The fourth-order valence-electron chi connectivity index (χ4n) is 1.32. The molecule has 0 aromatic heterocycles. The van der Waals surface area contributed by atoms with E-state index in [1.54, 1.807) is 0 Å². The molecule has 2 nitrogen and oxygen atoms in total. The lowest BCUT2D eigenvalue weighted by Crippen LogP contribution is -2.25. The number of nitrogens with two attached hydrogens (primary N) is 1. The fraction of sp³-hybridized carbons (Fsp3) is 0.636. The summed E-state index contributed by atoms with van der Waals surface area (Å²) in [6, 6.07) is 0.463. The van der Waals surface area contributed by atoms with Crippen molar-refractivity contribution in [3.63, 3.8) is 0 Å². The lowest BCUT2D eigenvalue weighted by molar-refractivity contribution is 0.370. The van der Waals surface area contributed by atoms with Gasteiger partial charge in [-0.05, 0) is 34.1 Å². The van der Waals surface area contributed by atoms with E-state index in [4.69, 9.17) is 5.73 Å². The Balaban J connectivity index is 4.70. The third-order valence-corrected chi connectivity index (χ3v) is 1.93. The zero-order valence-electron chi connectivity index (χ0n) is 9.46. The van der Waals surface area contributed by atoms with Gasteiger partial charge in [-0.2, -0.15) is 0 Å². The van der Waals surface area contributed by atoms with Gasteiger partial charge in [-0.15, -0.1) is 0 Å². The summed E-state index contributed by atoms with van der Waals surface area (Å²) in [7, 11) is 0. The topological polar surface area (TPSA) is 29.3 Å². The van der Waals surface area contributed by atoms with Gasteiger partial charge in [0, 0.05) is 23.6 Å². The fourth-order valence-corrected chi connectivity index (χ4v) is 1.32. The van der Waals surface area contributed by atoms with Crippen LogP contribution in [0.3, 0.4) is 0 Å². The van der Waals surface area contributed by atoms with E-state index in [1.165, 1.54) is 5.70 Å². The maximum absolute atomic E-state index is 5.67. The van der Waals surface area contributed by atoms with Crippen LogP contribution in [0, 0.1) is 0 Å². The molecular formula is C11H22N2. The lowest BCUT2D eigenvalue weighted by Gasteiger charge is -2.27. The first-order chi connectivity index (χ1) is 6.02. The van der Waals surface area contributed by atoms with E-state index in [2.05, 4.69) is 38.7 Å². The third-order valence-electron chi connectivity index (χ3n) is 1.93. The molecular weight excluding hydrogens is 160 g/mol. The SMILES string of the molecule is C/C=C(/CC)N(/C=C(/C)N)C(C)C. The molecule has 0 fully saturated rings. The molecule has 0 aromatic carbocycles. The molecule has 0 aliphatic carbocycles. The van der Waals surface area contributed by atoms with Crippen molar-refractivity contribution in [2.45, 2.75) is 47.1 Å². The highest BCUT2D eigenvalue weighted by atomic mass is 15.1. The summed E-state index contributed by atoms with van der Waals surface area (Å²) < 4.78 is 0. The van der Waals surface area contributed by atoms with E-state index in [-0.39, 0.29) is 0 Å². The number of hydrogen-bond donors (Lipinski definition) is 1. The average molecular weight is 182 g/mol. The Morgan fingerprint density at radius 2 is 2.00 bits per heavy atom. The summed E-state index contributed by atoms with van der Waals surface area (Å²) in [5.74, 6) is 0. The molecule has 2 N–H and O–H groups in total. The standard InChI is InChI=1S/C11H22N2/c1-6-11(7-2)13(9(3)4)8-10(5)12/h6,8-9H,7,12H2,1-5H3/b10-8-,11-6-. The van der Waals surface area contributed by atoms with E-state index < -0.39 is 0 Å². The Morgan fingerprint density at radius 1 is 1.46 bits per heavy atom. The van der Waals surface area contributed by atoms with Crippen LogP contribution in [0.1, 0.15) is 41.0 Å². The Bertz CT molecular complexity index is 198. The van der Waals surface area contributed by atoms with Crippen molar-refractivity contribution in [2.75, 3.05) is 0 Å². The molecule has 0 unspecified atom stereocenters. The Hall–Kier alpha value is -0.920. The van der Waals surface area contributed by atoms with E-state index in [0.29, 0.717) is 6.04 Å².